The molecule has 1 saturated heterocycles. The molecule has 0 spiro atoms. The van der Waals surface area contributed by atoms with Crippen molar-refractivity contribution in [2.24, 2.45) is 0 Å². The Labute approximate surface area is 165 Å². The number of imidazole rings is 1. The van der Waals surface area contributed by atoms with E-state index in [4.69, 9.17) is 9.72 Å². The average molecular weight is 378 g/mol. The third-order valence-corrected chi connectivity index (χ3v) is 4.89. The normalized spacial score (nSPS) is 14.6. The second kappa shape index (κ2) is 8.08. The second-order valence-corrected chi connectivity index (χ2v) is 7.36. The van der Waals surface area contributed by atoms with E-state index in [1.165, 1.54) is 0 Å². The predicted octanol–water partition coefficient (Wildman–Crippen LogP) is 2.74. The molecule has 0 radical (unpaired) electrons. The van der Waals surface area contributed by atoms with Gasteiger partial charge in [0, 0.05) is 43.3 Å². The number of H-pyrrole nitrogens is 1. The monoisotopic (exact) mass is 378 g/mol. The molecule has 4 rings (SSSR count). The summed E-state index contributed by atoms with van der Waals surface area (Å²) in [5.41, 5.74) is 6.24. The first-order valence-electron chi connectivity index (χ1n) is 9.55. The number of hydrogen-bond donors (Lipinski definition) is 1. The summed E-state index contributed by atoms with van der Waals surface area (Å²) in [4.78, 5) is 21.5. The first-order valence-corrected chi connectivity index (χ1v) is 9.55. The number of aryl methyl sites for hydroxylation is 1. The molecule has 7 heteroatoms. The molecule has 1 N–H and O–H groups in total. The zero-order valence-corrected chi connectivity index (χ0v) is 16.6. The Bertz CT molecular complexity index is 946. The molecule has 3 aromatic rings. The Balaban J connectivity index is 1.62. The van der Waals surface area contributed by atoms with Crippen molar-refractivity contribution in [1.82, 2.24) is 24.8 Å². The number of rotatable bonds is 5. The summed E-state index contributed by atoms with van der Waals surface area (Å²) in [7, 11) is 4.09. The lowest BCUT2D eigenvalue weighted by molar-refractivity contribution is 0.122. The average Bonchev–Trinajstić information content (AvgIpc) is 3.09. The van der Waals surface area contributed by atoms with Crippen LogP contribution in [0.1, 0.15) is 11.4 Å². The third-order valence-electron chi connectivity index (χ3n) is 4.89. The lowest BCUT2D eigenvalue weighted by Gasteiger charge is -2.28. The van der Waals surface area contributed by atoms with Crippen molar-refractivity contribution in [3.05, 3.63) is 48.2 Å². The van der Waals surface area contributed by atoms with Crippen LogP contribution in [0.15, 0.2) is 36.8 Å². The van der Waals surface area contributed by atoms with E-state index in [2.05, 4.69) is 43.8 Å². The van der Waals surface area contributed by atoms with Gasteiger partial charge in [-0.05, 0) is 44.8 Å². The molecule has 28 heavy (non-hydrogen) atoms. The topological polar surface area (TPSA) is 70.2 Å². The molecule has 0 bridgehead atoms. The highest BCUT2D eigenvalue weighted by Gasteiger charge is 2.14. The van der Waals surface area contributed by atoms with Crippen LogP contribution in [-0.4, -0.2) is 65.2 Å². The summed E-state index contributed by atoms with van der Waals surface area (Å²) in [6.45, 7) is 6.16. The second-order valence-electron chi connectivity index (χ2n) is 7.36. The SMILES string of the molecule is Cc1[nH]c(-c2cc(-c3cncc(N4CCOCC4)c3)ccn2)nc1CN(C)C. The number of aromatic nitrogens is 4. The Morgan fingerprint density at radius 2 is 1.96 bits per heavy atom. The van der Waals surface area contributed by atoms with Crippen LogP contribution in [0.2, 0.25) is 0 Å². The fourth-order valence-corrected chi connectivity index (χ4v) is 3.39. The van der Waals surface area contributed by atoms with E-state index in [-0.39, 0.29) is 0 Å². The van der Waals surface area contributed by atoms with E-state index in [9.17, 15) is 0 Å². The van der Waals surface area contributed by atoms with E-state index in [0.717, 1.165) is 72.6 Å². The van der Waals surface area contributed by atoms with Crippen molar-refractivity contribution in [2.75, 3.05) is 45.3 Å². The minimum Gasteiger partial charge on any atom is -0.378 e. The number of nitrogens with one attached hydrogen (secondary N) is 1. The summed E-state index contributed by atoms with van der Waals surface area (Å²) in [6, 6.07) is 6.26. The summed E-state index contributed by atoms with van der Waals surface area (Å²) < 4.78 is 5.45. The molecule has 3 aromatic heterocycles. The molecular formula is C21H26N6O. The molecule has 0 saturated carbocycles. The zero-order valence-electron chi connectivity index (χ0n) is 16.6. The van der Waals surface area contributed by atoms with Gasteiger partial charge in [0.05, 0.1) is 30.8 Å². The molecule has 7 nitrogen and oxygen atoms in total. The van der Waals surface area contributed by atoms with Crippen LogP contribution < -0.4 is 4.90 Å². The van der Waals surface area contributed by atoms with Crippen molar-refractivity contribution < 1.29 is 4.74 Å². The first kappa shape index (κ1) is 18.6. The van der Waals surface area contributed by atoms with Gasteiger partial charge >= 0.3 is 0 Å². The number of nitrogens with zero attached hydrogens (tertiary/aromatic N) is 5. The Hall–Kier alpha value is -2.77. The highest BCUT2D eigenvalue weighted by molar-refractivity contribution is 5.70. The van der Waals surface area contributed by atoms with Crippen LogP contribution in [0.5, 0.6) is 0 Å². The van der Waals surface area contributed by atoms with Gasteiger partial charge in [-0.2, -0.15) is 0 Å². The van der Waals surface area contributed by atoms with Gasteiger partial charge in [-0.15, -0.1) is 0 Å². The van der Waals surface area contributed by atoms with Gasteiger partial charge in [0.15, 0.2) is 5.82 Å². The molecule has 0 amide bonds. The van der Waals surface area contributed by atoms with Crippen molar-refractivity contribution >= 4 is 5.69 Å². The molecule has 1 aliphatic rings. The highest BCUT2D eigenvalue weighted by Crippen LogP contribution is 2.27. The number of pyridine rings is 2. The highest BCUT2D eigenvalue weighted by atomic mass is 16.5. The van der Waals surface area contributed by atoms with Crippen LogP contribution in [-0.2, 0) is 11.3 Å². The van der Waals surface area contributed by atoms with Gasteiger partial charge in [0.25, 0.3) is 0 Å². The molecular weight excluding hydrogens is 352 g/mol. The van der Waals surface area contributed by atoms with Gasteiger partial charge in [0.1, 0.15) is 5.69 Å². The maximum atomic E-state index is 5.45. The summed E-state index contributed by atoms with van der Waals surface area (Å²) >= 11 is 0. The maximum Gasteiger partial charge on any atom is 0.156 e. The lowest BCUT2D eigenvalue weighted by atomic mass is 10.1. The van der Waals surface area contributed by atoms with E-state index >= 15 is 0 Å². The van der Waals surface area contributed by atoms with Crippen LogP contribution >= 0.6 is 0 Å². The van der Waals surface area contributed by atoms with Gasteiger partial charge in [0.2, 0.25) is 0 Å². The maximum absolute atomic E-state index is 5.45. The number of anilines is 1. The van der Waals surface area contributed by atoms with Crippen LogP contribution in [0, 0.1) is 6.92 Å². The summed E-state index contributed by atoms with van der Waals surface area (Å²) in [6.07, 6.45) is 5.64. The van der Waals surface area contributed by atoms with Crippen LogP contribution in [0.25, 0.3) is 22.6 Å². The predicted molar refractivity (Wildman–Crippen MR) is 110 cm³/mol. The van der Waals surface area contributed by atoms with Gasteiger partial charge in [-0.1, -0.05) is 0 Å². The molecule has 0 aromatic carbocycles. The summed E-state index contributed by atoms with van der Waals surface area (Å²) in [5, 5.41) is 0. The molecule has 0 aliphatic carbocycles. The van der Waals surface area contributed by atoms with Crippen LogP contribution in [0.3, 0.4) is 0 Å². The number of ether oxygens (including phenoxy) is 1. The van der Waals surface area contributed by atoms with Crippen molar-refractivity contribution in [3.63, 3.8) is 0 Å². The number of hydrogen-bond acceptors (Lipinski definition) is 6. The smallest absolute Gasteiger partial charge is 0.156 e. The largest absolute Gasteiger partial charge is 0.378 e. The number of morpholine rings is 1. The van der Waals surface area contributed by atoms with E-state index in [1.54, 1.807) is 0 Å². The molecule has 146 valence electrons. The van der Waals surface area contributed by atoms with E-state index in [0.29, 0.717) is 0 Å². The fourth-order valence-electron chi connectivity index (χ4n) is 3.39. The van der Waals surface area contributed by atoms with E-state index in [1.807, 2.05) is 38.8 Å². The summed E-state index contributed by atoms with van der Waals surface area (Å²) in [5.74, 6) is 0.800. The third kappa shape index (κ3) is 4.05. The van der Waals surface area contributed by atoms with Crippen molar-refractivity contribution in [2.45, 2.75) is 13.5 Å². The quantitative estimate of drug-likeness (QED) is 0.736. The fraction of sp³-hybridized carbons (Fsp3) is 0.381. The Morgan fingerprint density at radius 1 is 1.14 bits per heavy atom. The molecule has 1 fully saturated rings. The molecule has 1 aliphatic heterocycles. The minimum absolute atomic E-state index is 0.761. The lowest BCUT2D eigenvalue weighted by Crippen LogP contribution is -2.36. The standard InChI is InChI=1S/C21H26N6O/c1-15-20(14-26(2)3)25-21(24-15)19-11-16(4-5-23-19)17-10-18(13-22-12-17)27-6-8-28-9-7-27/h4-5,10-13H,6-9,14H2,1-3H3,(H,24,25). The van der Waals surface area contributed by atoms with Crippen LogP contribution in [0.4, 0.5) is 5.69 Å². The minimum atomic E-state index is 0.761. The first-order chi connectivity index (χ1) is 13.6. The molecule has 4 heterocycles. The van der Waals surface area contributed by atoms with Crippen molar-refractivity contribution in [3.8, 4) is 22.6 Å². The van der Waals surface area contributed by atoms with Crippen molar-refractivity contribution in [1.29, 1.82) is 0 Å². The van der Waals surface area contributed by atoms with Gasteiger partial charge < -0.3 is 19.5 Å². The molecule has 0 atom stereocenters. The Morgan fingerprint density at radius 3 is 2.75 bits per heavy atom. The van der Waals surface area contributed by atoms with E-state index < -0.39 is 0 Å². The van der Waals surface area contributed by atoms with Gasteiger partial charge in [-0.3, -0.25) is 9.97 Å². The number of aromatic amines is 1. The Kier molecular flexibility index (Phi) is 5.36. The molecule has 0 unspecified atom stereocenters. The zero-order chi connectivity index (χ0) is 19.5. The van der Waals surface area contributed by atoms with Gasteiger partial charge in [-0.25, -0.2) is 4.98 Å².